The smallest absolute Gasteiger partial charge is 0.244 e. The number of carbonyl (C=O) groups is 1. The van der Waals surface area contributed by atoms with E-state index in [1.807, 2.05) is 0 Å². The van der Waals surface area contributed by atoms with Gasteiger partial charge < -0.3 is 5.32 Å². The van der Waals surface area contributed by atoms with Gasteiger partial charge in [0.1, 0.15) is 0 Å². The van der Waals surface area contributed by atoms with Crippen LogP contribution in [0.5, 0.6) is 0 Å². The zero-order valence-corrected chi connectivity index (χ0v) is 19.7. The van der Waals surface area contributed by atoms with E-state index in [-0.39, 0.29) is 10.8 Å². The Bertz CT molecular complexity index is 1020. The Labute approximate surface area is 191 Å². The Balaban J connectivity index is 1.46. The van der Waals surface area contributed by atoms with Crippen LogP contribution in [0.3, 0.4) is 0 Å². The van der Waals surface area contributed by atoms with E-state index in [1.165, 1.54) is 43.2 Å². The van der Waals surface area contributed by atoms with Crippen molar-refractivity contribution in [2.24, 2.45) is 5.92 Å². The summed E-state index contributed by atoms with van der Waals surface area (Å²) in [6, 6.07) is 14.8. The summed E-state index contributed by atoms with van der Waals surface area (Å²) in [6.45, 7) is 8.17. The predicted octanol–water partition coefficient (Wildman–Crippen LogP) is 3.55. The van der Waals surface area contributed by atoms with Crippen LogP contribution in [-0.2, 0) is 27.9 Å². The Hall–Kier alpha value is -2.48. The van der Waals surface area contributed by atoms with Crippen LogP contribution in [0.4, 0.5) is 0 Å². The van der Waals surface area contributed by atoms with Gasteiger partial charge in [-0.15, -0.1) is 0 Å². The Morgan fingerprint density at radius 3 is 2.44 bits per heavy atom. The highest BCUT2D eigenvalue weighted by Crippen LogP contribution is 2.18. The molecule has 172 valence electrons. The second-order valence-corrected chi connectivity index (χ2v) is 10.2. The first-order valence-electron chi connectivity index (χ1n) is 11.2. The standard InChI is InChI=1S/C25H33N3O3S/c1-3-27-32(30,31)24-13-10-21(11-14-24)12-15-25(29)26-17-22-6-8-23(9-7-22)19-28-16-4-5-20(2)18-28/h6-15,20,27H,3-5,16-19H2,1-2H3,(H,26,29)/b15-12+. The van der Waals surface area contributed by atoms with Crippen molar-refractivity contribution in [2.45, 2.75) is 44.7 Å². The maximum Gasteiger partial charge on any atom is 0.244 e. The summed E-state index contributed by atoms with van der Waals surface area (Å²) in [5, 5.41) is 2.89. The van der Waals surface area contributed by atoms with Crippen molar-refractivity contribution in [3.8, 4) is 0 Å². The molecule has 1 saturated heterocycles. The molecule has 1 amide bonds. The number of amides is 1. The number of hydrogen-bond acceptors (Lipinski definition) is 4. The number of piperidine rings is 1. The van der Waals surface area contributed by atoms with Gasteiger partial charge in [-0.25, -0.2) is 13.1 Å². The molecule has 2 aromatic carbocycles. The Morgan fingerprint density at radius 2 is 1.78 bits per heavy atom. The molecule has 1 atom stereocenters. The van der Waals surface area contributed by atoms with E-state index in [0.717, 1.165) is 30.1 Å². The summed E-state index contributed by atoms with van der Waals surface area (Å²) < 4.78 is 26.4. The molecule has 0 radical (unpaired) electrons. The van der Waals surface area contributed by atoms with Gasteiger partial charge in [-0.05, 0) is 60.2 Å². The number of nitrogens with zero attached hydrogens (tertiary/aromatic N) is 1. The lowest BCUT2D eigenvalue weighted by Gasteiger charge is -2.30. The first-order chi connectivity index (χ1) is 15.4. The first kappa shape index (κ1) is 24.2. The van der Waals surface area contributed by atoms with Crippen molar-refractivity contribution >= 4 is 22.0 Å². The van der Waals surface area contributed by atoms with Crippen LogP contribution in [0, 0.1) is 5.92 Å². The molecule has 0 aromatic heterocycles. The fourth-order valence-electron chi connectivity index (χ4n) is 3.90. The number of rotatable bonds is 9. The van der Waals surface area contributed by atoms with Crippen LogP contribution >= 0.6 is 0 Å². The van der Waals surface area contributed by atoms with Gasteiger partial charge >= 0.3 is 0 Å². The van der Waals surface area contributed by atoms with Gasteiger partial charge in [-0.2, -0.15) is 0 Å². The van der Waals surface area contributed by atoms with E-state index >= 15 is 0 Å². The summed E-state index contributed by atoms with van der Waals surface area (Å²) in [5.74, 6) is 0.580. The van der Waals surface area contributed by atoms with Gasteiger partial charge in [0.2, 0.25) is 15.9 Å². The number of hydrogen-bond donors (Lipinski definition) is 2. The van der Waals surface area contributed by atoms with Gasteiger partial charge in [-0.1, -0.05) is 50.2 Å². The second kappa shape index (κ2) is 11.4. The van der Waals surface area contributed by atoms with E-state index in [2.05, 4.69) is 46.1 Å². The quantitative estimate of drug-likeness (QED) is 0.567. The van der Waals surface area contributed by atoms with Crippen molar-refractivity contribution in [3.05, 3.63) is 71.3 Å². The molecule has 0 spiro atoms. The van der Waals surface area contributed by atoms with Crippen molar-refractivity contribution < 1.29 is 13.2 Å². The van der Waals surface area contributed by atoms with E-state index < -0.39 is 10.0 Å². The summed E-state index contributed by atoms with van der Waals surface area (Å²) >= 11 is 0. The average molecular weight is 456 g/mol. The minimum Gasteiger partial charge on any atom is -0.348 e. The Morgan fingerprint density at radius 1 is 1.09 bits per heavy atom. The maximum absolute atomic E-state index is 12.2. The number of nitrogens with one attached hydrogen (secondary N) is 2. The number of carbonyl (C=O) groups excluding carboxylic acids is 1. The lowest BCUT2D eigenvalue weighted by molar-refractivity contribution is -0.116. The molecule has 32 heavy (non-hydrogen) atoms. The molecule has 3 rings (SSSR count). The molecule has 1 unspecified atom stereocenters. The molecular formula is C25H33N3O3S. The minimum absolute atomic E-state index is 0.194. The van der Waals surface area contributed by atoms with Crippen molar-refractivity contribution in [1.29, 1.82) is 0 Å². The zero-order chi connectivity index (χ0) is 23.0. The summed E-state index contributed by atoms with van der Waals surface area (Å²) in [7, 11) is -3.47. The highest BCUT2D eigenvalue weighted by Gasteiger charge is 2.16. The molecule has 0 aliphatic carbocycles. The average Bonchev–Trinajstić information content (AvgIpc) is 2.77. The molecule has 1 aliphatic rings. The lowest BCUT2D eigenvalue weighted by Crippen LogP contribution is -2.33. The van der Waals surface area contributed by atoms with Crippen molar-refractivity contribution in [3.63, 3.8) is 0 Å². The second-order valence-electron chi connectivity index (χ2n) is 8.42. The summed E-state index contributed by atoms with van der Waals surface area (Å²) in [4.78, 5) is 14.9. The molecular weight excluding hydrogens is 422 g/mol. The van der Waals surface area contributed by atoms with Crippen LogP contribution in [0.25, 0.3) is 6.08 Å². The summed E-state index contributed by atoms with van der Waals surface area (Å²) in [5.41, 5.74) is 3.11. The van der Waals surface area contributed by atoms with E-state index in [1.54, 1.807) is 25.1 Å². The number of benzene rings is 2. The van der Waals surface area contributed by atoms with Crippen LogP contribution in [0.1, 0.15) is 43.4 Å². The third-order valence-corrected chi connectivity index (χ3v) is 7.15. The molecule has 2 N–H and O–H groups in total. The number of sulfonamides is 1. The highest BCUT2D eigenvalue weighted by atomic mass is 32.2. The number of likely N-dealkylation sites (tertiary alicyclic amines) is 1. The normalized spacial score (nSPS) is 17.5. The third-order valence-electron chi connectivity index (χ3n) is 5.59. The molecule has 6 nitrogen and oxygen atoms in total. The van der Waals surface area contributed by atoms with Crippen molar-refractivity contribution in [1.82, 2.24) is 14.9 Å². The molecule has 1 aliphatic heterocycles. The maximum atomic E-state index is 12.2. The molecule has 0 saturated carbocycles. The van der Waals surface area contributed by atoms with Crippen LogP contribution in [0.15, 0.2) is 59.5 Å². The topological polar surface area (TPSA) is 78.5 Å². The van der Waals surface area contributed by atoms with Gasteiger partial charge in [-0.3, -0.25) is 9.69 Å². The van der Waals surface area contributed by atoms with Crippen LogP contribution in [0.2, 0.25) is 0 Å². The van der Waals surface area contributed by atoms with E-state index in [9.17, 15) is 13.2 Å². The van der Waals surface area contributed by atoms with Crippen molar-refractivity contribution in [2.75, 3.05) is 19.6 Å². The largest absolute Gasteiger partial charge is 0.348 e. The van der Waals surface area contributed by atoms with Crippen LogP contribution < -0.4 is 10.0 Å². The first-order valence-corrected chi connectivity index (χ1v) is 12.7. The van der Waals surface area contributed by atoms with E-state index in [0.29, 0.717) is 13.1 Å². The monoisotopic (exact) mass is 455 g/mol. The van der Waals surface area contributed by atoms with Gasteiger partial charge in [0, 0.05) is 32.3 Å². The molecule has 7 heteroatoms. The predicted molar refractivity (Wildman–Crippen MR) is 128 cm³/mol. The van der Waals surface area contributed by atoms with E-state index in [4.69, 9.17) is 0 Å². The summed E-state index contributed by atoms with van der Waals surface area (Å²) in [6.07, 6.45) is 5.73. The Kier molecular flexibility index (Phi) is 8.61. The molecule has 1 fully saturated rings. The van der Waals surface area contributed by atoms with Gasteiger partial charge in [0.15, 0.2) is 0 Å². The van der Waals surface area contributed by atoms with Gasteiger partial charge in [0.25, 0.3) is 0 Å². The third kappa shape index (κ3) is 7.29. The SMILES string of the molecule is CCNS(=O)(=O)c1ccc(/C=C/C(=O)NCc2ccc(CN3CCCC(C)C3)cc2)cc1. The van der Waals surface area contributed by atoms with Gasteiger partial charge in [0.05, 0.1) is 4.90 Å². The lowest BCUT2D eigenvalue weighted by atomic mass is 9.99. The fraction of sp³-hybridized carbons (Fsp3) is 0.400. The fourth-order valence-corrected chi connectivity index (χ4v) is 4.94. The molecule has 2 aromatic rings. The minimum atomic E-state index is -3.47. The zero-order valence-electron chi connectivity index (χ0n) is 18.9. The highest BCUT2D eigenvalue weighted by molar-refractivity contribution is 7.89. The molecule has 1 heterocycles. The van der Waals surface area contributed by atoms with Crippen LogP contribution in [-0.4, -0.2) is 38.9 Å². The molecule has 0 bridgehead atoms.